The first-order chi connectivity index (χ1) is 9.99. The average molecular weight is 352 g/mol. The minimum atomic E-state index is -0.269. The molecule has 0 spiro atoms. The summed E-state index contributed by atoms with van der Waals surface area (Å²) in [5.74, 6) is 0.873. The third kappa shape index (κ3) is 4.29. The van der Waals surface area contributed by atoms with Crippen LogP contribution in [0.15, 0.2) is 40.9 Å². The lowest BCUT2D eigenvalue weighted by atomic mass is 10.0. The number of ether oxygens (including phenoxy) is 1. The van der Waals surface area contributed by atoms with Gasteiger partial charge in [0.05, 0.1) is 4.47 Å². The maximum Gasteiger partial charge on any atom is 0.141 e. The van der Waals surface area contributed by atoms with Crippen LogP contribution in [-0.4, -0.2) is 6.04 Å². The molecule has 0 saturated heterocycles. The van der Waals surface area contributed by atoms with Gasteiger partial charge in [-0.15, -0.1) is 0 Å². The van der Waals surface area contributed by atoms with Gasteiger partial charge in [-0.3, -0.25) is 0 Å². The second-order valence-corrected chi connectivity index (χ2v) is 6.00. The van der Waals surface area contributed by atoms with E-state index in [-0.39, 0.29) is 11.9 Å². The van der Waals surface area contributed by atoms with Gasteiger partial charge in [0.2, 0.25) is 0 Å². The van der Waals surface area contributed by atoms with Gasteiger partial charge in [0.25, 0.3) is 0 Å². The summed E-state index contributed by atoms with van der Waals surface area (Å²) in [6.07, 6.45) is 1.77. The minimum absolute atomic E-state index is 0.162. The van der Waals surface area contributed by atoms with Gasteiger partial charge < -0.3 is 10.5 Å². The van der Waals surface area contributed by atoms with Gasteiger partial charge >= 0.3 is 0 Å². The number of aryl methyl sites for hydroxylation is 1. The highest BCUT2D eigenvalue weighted by atomic mass is 79.9. The van der Waals surface area contributed by atoms with Crippen LogP contribution in [0.5, 0.6) is 11.5 Å². The highest BCUT2D eigenvalue weighted by molar-refractivity contribution is 9.10. The molecule has 112 valence electrons. The van der Waals surface area contributed by atoms with E-state index in [1.165, 1.54) is 6.07 Å². The molecule has 21 heavy (non-hydrogen) atoms. The molecule has 2 nitrogen and oxygen atoms in total. The van der Waals surface area contributed by atoms with Gasteiger partial charge in [-0.05, 0) is 65.0 Å². The number of rotatable bonds is 5. The van der Waals surface area contributed by atoms with Crippen LogP contribution >= 0.6 is 15.9 Å². The van der Waals surface area contributed by atoms with E-state index in [1.807, 2.05) is 18.2 Å². The Labute approximate surface area is 133 Å². The Balaban J connectivity index is 2.15. The Hall–Kier alpha value is -1.39. The van der Waals surface area contributed by atoms with E-state index < -0.39 is 0 Å². The topological polar surface area (TPSA) is 35.2 Å². The maximum atomic E-state index is 13.5. The number of benzene rings is 2. The Bertz CT molecular complexity index is 630. The van der Waals surface area contributed by atoms with Crippen molar-refractivity contribution in [3.05, 3.63) is 57.8 Å². The summed E-state index contributed by atoms with van der Waals surface area (Å²) in [5.41, 5.74) is 7.71. The highest BCUT2D eigenvalue weighted by Gasteiger charge is 2.08. The van der Waals surface area contributed by atoms with Crippen molar-refractivity contribution in [2.24, 2.45) is 5.73 Å². The average Bonchev–Trinajstić information content (AvgIpc) is 2.45. The number of hydrogen-bond donors (Lipinski definition) is 1. The summed E-state index contributed by atoms with van der Waals surface area (Å²) < 4.78 is 20.1. The van der Waals surface area contributed by atoms with Crippen molar-refractivity contribution in [2.75, 3.05) is 0 Å². The van der Waals surface area contributed by atoms with Crippen LogP contribution in [0.25, 0.3) is 0 Å². The first kappa shape index (κ1) is 16.0. The third-order valence-corrected chi connectivity index (χ3v) is 4.01. The van der Waals surface area contributed by atoms with Crippen LogP contribution in [0, 0.1) is 12.7 Å². The zero-order chi connectivity index (χ0) is 15.4. The minimum Gasteiger partial charge on any atom is -0.456 e. The van der Waals surface area contributed by atoms with Gasteiger partial charge in [0, 0.05) is 12.1 Å². The molecule has 1 atom stereocenters. The van der Waals surface area contributed by atoms with Crippen molar-refractivity contribution in [2.45, 2.75) is 32.7 Å². The number of nitrogens with two attached hydrogens (primary N) is 1. The normalized spacial score (nSPS) is 12.2. The predicted molar refractivity (Wildman–Crippen MR) is 87.3 cm³/mol. The summed E-state index contributed by atoms with van der Waals surface area (Å²) in [6.45, 7) is 3.80. The summed E-state index contributed by atoms with van der Waals surface area (Å²) in [6, 6.07) is 10.9. The van der Waals surface area contributed by atoms with E-state index >= 15 is 0 Å². The molecule has 2 aromatic rings. The molecule has 2 rings (SSSR count). The fourth-order valence-corrected chi connectivity index (χ4v) is 2.47. The molecule has 0 aromatic heterocycles. The Morgan fingerprint density at radius 2 is 2.00 bits per heavy atom. The molecule has 0 bridgehead atoms. The van der Waals surface area contributed by atoms with Crippen molar-refractivity contribution < 1.29 is 9.13 Å². The third-order valence-electron chi connectivity index (χ3n) is 3.39. The molecular weight excluding hydrogens is 333 g/mol. The summed E-state index contributed by atoms with van der Waals surface area (Å²) in [7, 11) is 0. The first-order valence-electron chi connectivity index (χ1n) is 6.97. The number of halogens is 2. The van der Waals surface area contributed by atoms with E-state index in [0.29, 0.717) is 17.1 Å². The molecule has 1 unspecified atom stereocenters. The van der Waals surface area contributed by atoms with Gasteiger partial charge in [-0.1, -0.05) is 19.1 Å². The molecule has 0 aliphatic rings. The van der Waals surface area contributed by atoms with Crippen LogP contribution in [0.4, 0.5) is 4.39 Å². The van der Waals surface area contributed by atoms with Crippen LogP contribution in [-0.2, 0) is 6.42 Å². The quantitative estimate of drug-likeness (QED) is 0.825. The van der Waals surface area contributed by atoms with Gasteiger partial charge in [0.1, 0.15) is 17.3 Å². The first-order valence-corrected chi connectivity index (χ1v) is 7.77. The van der Waals surface area contributed by atoms with E-state index in [9.17, 15) is 4.39 Å². The second-order valence-electron chi connectivity index (χ2n) is 5.15. The molecule has 0 heterocycles. The Morgan fingerprint density at radius 1 is 1.24 bits per heavy atom. The highest BCUT2D eigenvalue weighted by Crippen LogP contribution is 2.31. The molecule has 2 aromatic carbocycles. The smallest absolute Gasteiger partial charge is 0.141 e. The molecule has 0 saturated carbocycles. The summed E-state index contributed by atoms with van der Waals surface area (Å²) in [4.78, 5) is 0. The molecule has 2 N–H and O–H groups in total. The van der Waals surface area contributed by atoms with Crippen molar-refractivity contribution in [1.82, 2.24) is 0 Å². The molecule has 0 fully saturated rings. The largest absolute Gasteiger partial charge is 0.456 e. The van der Waals surface area contributed by atoms with E-state index in [4.69, 9.17) is 10.5 Å². The number of hydrogen-bond acceptors (Lipinski definition) is 2. The second kappa shape index (κ2) is 7.05. The van der Waals surface area contributed by atoms with E-state index in [2.05, 4.69) is 22.9 Å². The van der Waals surface area contributed by atoms with E-state index in [1.54, 1.807) is 19.1 Å². The monoisotopic (exact) mass is 351 g/mol. The predicted octanol–water partition coefficient (Wildman–Crippen LogP) is 4.97. The fourth-order valence-electron chi connectivity index (χ4n) is 1.97. The maximum absolute atomic E-state index is 13.5. The molecule has 4 heteroatoms. The molecule has 0 radical (unpaired) electrons. The van der Waals surface area contributed by atoms with Crippen molar-refractivity contribution >= 4 is 15.9 Å². The van der Waals surface area contributed by atoms with Crippen LogP contribution in [0.1, 0.15) is 24.5 Å². The van der Waals surface area contributed by atoms with Crippen LogP contribution in [0.3, 0.4) is 0 Å². The lowest BCUT2D eigenvalue weighted by molar-refractivity contribution is 0.473. The summed E-state index contributed by atoms with van der Waals surface area (Å²) >= 11 is 3.49. The molecule has 0 aliphatic carbocycles. The zero-order valence-corrected chi connectivity index (χ0v) is 13.8. The van der Waals surface area contributed by atoms with E-state index in [0.717, 1.165) is 22.9 Å². The fraction of sp³-hybridized carbons (Fsp3) is 0.294. The standard InChI is InChI=1S/C17H19BrFNO/c1-3-13(20)8-12-5-7-17(15(18)9-12)21-14-6-4-11(2)16(19)10-14/h4-7,9-10,13H,3,8,20H2,1-2H3. The lowest BCUT2D eigenvalue weighted by Gasteiger charge is -2.12. The molecular formula is C17H19BrFNO. The molecule has 0 aliphatic heterocycles. The van der Waals surface area contributed by atoms with Crippen LogP contribution in [0.2, 0.25) is 0 Å². The van der Waals surface area contributed by atoms with Crippen LogP contribution < -0.4 is 10.5 Å². The van der Waals surface area contributed by atoms with Crippen molar-refractivity contribution in [3.63, 3.8) is 0 Å². The summed E-state index contributed by atoms with van der Waals surface area (Å²) in [5, 5.41) is 0. The SMILES string of the molecule is CCC(N)Cc1ccc(Oc2ccc(C)c(F)c2)c(Br)c1. The Morgan fingerprint density at radius 3 is 2.62 bits per heavy atom. The Kier molecular flexibility index (Phi) is 5.37. The van der Waals surface area contributed by atoms with Crippen molar-refractivity contribution in [3.8, 4) is 11.5 Å². The van der Waals surface area contributed by atoms with Gasteiger partial charge in [-0.2, -0.15) is 0 Å². The zero-order valence-electron chi connectivity index (χ0n) is 12.2. The van der Waals surface area contributed by atoms with Gasteiger partial charge in [0.15, 0.2) is 0 Å². The van der Waals surface area contributed by atoms with Gasteiger partial charge in [-0.25, -0.2) is 4.39 Å². The lowest BCUT2D eigenvalue weighted by Crippen LogP contribution is -2.21. The van der Waals surface area contributed by atoms with Crippen molar-refractivity contribution in [1.29, 1.82) is 0 Å². The molecule has 0 amide bonds.